The Morgan fingerprint density at radius 1 is 1.41 bits per heavy atom. The van der Waals surface area contributed by atoms with Crippen LogP contribution in [-0.2, 0) is 22.8 Å². The zero-order valence-electron chi connectivity index (χ0n) is 8.78. The normalized spacial score (nSPS) is 13.1. The summed E-state index contributed by atoms with van der Waals surface area (Å²) in [5, 5.41) is 9.23. The van der Waals surface area contributed by atoms with Crippen LogP contribution in [0, 0.1) is 11.3 Å². The highest BCUT2D eigenvalue weighted by atomic mass is 35.5. The summed E-state index contributed by atoms with van der Waals surface area (Å²) in [7, 11) is 0. The van der Waals surface area contributed by atoms with Gasteiger partial charge in [0.25, 0.3) is 0 Å². The van der Waals surface area contributed by atoms with E-state index >= 15 is 0 Å². The molecule has 0 aliphatic carbocycles. The molecule has 1 aromatic rings. The Balaban J connectivity index is 2.70. The van der Waals surface area contributed by atoms with E-state index in [1.807, 2.05) is 6.07 Å². The maximum atomic E-state index is 9.07. The van der Waals surface area contributed by atoms with E-state index in [-0.39, 0.29) is 6.42 Å². The Morgan fingerprint density at radius 3 is 2.47 bits per heavy atom. The zero-order chi connectivity index (χ0) is 12.9. The second-order valence-corrected chi connectivity index (χ2v) is 6.47. The molecule has 0 amide bonds. The Kier molecular flexibility index (Phi) is 5.54. The summed E-state index contributed by atoms with van der Waals surface area (Å²) >= 11 is 10.1. The van der Waals surface area contributed by atoms with Crippen LogP contribution in [0.3, 0.4) is 0 Å². The summed E-state index contributed by atoms with van der Waals surface area (Å²) < 4.78 is 4.89. The van der Waals surface area contributed by atoms with Crippen LogP contribution < -0.4 is 0 Å². The maximum absolute atomic E-state index is 9.07. The molecule has 0 bridgehead atoms. The minimum Gasteiger partial charge on any atom is -0.325 e. The first kappa shape index (κ1) is 14.6. The van der Waals surface area contributed by atoms with E-state index in [9.17, 15) is 0 Å². The van der Waals surface area contributed by atoms with Crippen molar-refractivity contribution in [2.45, 2.75) is 18.9 Å². The number of nitrogens with zero attached hydrogens (tertiary/aromatic N) is 1. The Morgan fingerprint density at radius 2 is 2.00 bits per heavy atom. The lowest BCUT2D eigenvalue weighted by atomic mass is 10.1. The lowest BCUT2D eigenvalue weighted by molar-refractivity contribution is 0.172. The molecular formula is C10H11ClNO3PS. The van der Waals surface area contributed by atoms with Crippen molar-refractivity contribution in [1.29, 1.82) is 5.26 Å². The third-order valence-electron chi connectivity index (χ3n) is 1.98. The highest BCUT2D eigenvalue weighted by Crippen LogP contribution is 2.39. The summed E-state index contributed by atoms with van der Waals surface area (Å²) in [6.07, 6.45) is -0.200. The van der Waals surface area contributed by atoms with Gasteiger partial charge in [0.15, 0.2) is 0 Å². The lowest BCUT2D eigenvalue weighted by Gasteiger charge is -2.17. The van der Waals surface area contributed by atoms with Crippen LogP contribution in [-0.4, -0.2) is 15.9 Å². The van der Waals surface area contributed by atoms with Gasteiger partial charge in [-0.2, -0.15) is 5.26 Å². The minimum absolute atomic E-state index is 0.0438. The average molecular weight is 292 g/mol. The summed E-state index contributed by atoms with van der Waals surface area (Å²) in [5.41, 5.74) is 0.887. The zero-order valence-corrected chi connectivity index (χ0v) is 11.3. The Bertz CT molecular complexity index is 454. The fourth-order valence-electron chi connectivity index (χ4n) is 1.33. The third kappa shape index (κ3) is 6.13. The van der Waals surface area contributed by atoms with Crippen LogP contribution in [0.4, 0.5) is 0 Å². The molecule has 0 aliphatic heterocycles. The predicted octanol–water partition coefficient (Wildman–Crippen LogP) is 2.39. The SMILES string of the molecule is N#CC[C@H](Cc1ccc(Cl)cc1)OP(O)(O)=S. The molecule has 0 saturated heterocycles. The van der Waals surface area contributed by atoms with Gasteiger partial charge in [-0.05, 0) is 29.5 Å². The van der Waals surface area contributed by atoms with Crippen LogP contribution in [0.2, 0.25) is 5.02 Å². The molecule has 0 radical (unpaired) electrons. The summed E-state index contributed by atoms with van der Waals surface area (Å²) in [6.45, 7) is -3.74. The highest BCUT2D eigenvalue weighted by molar-refractivity contribution is 8.06. The smallest absolute Gasteiger partial charge is 0.322 e. The van der Waals surface area contributed by atoms with Crippen molar-refractivity contribution in [3.8, 4) is 6.07 Å². The van der Waals surface area contributed by atoms with Crippen LogP contribution >= 0.6 is 18.3 Å². The first-order valence-corrected chi connectivity index (χ1v) is 7.76. The topological polar surface area (TPSA) is 73.5 Å². The number of benzene rings is 1. The third-order valence-corrected chi connectivity index (χ3v) is 3.06. The quantitative estimate of drug-likeness (QED) is 0.815. The molecule has 0 aromatic heterocycles. The first-order chi connectivity index (χ1) is 7.90. The van der Waals surface area contributed by atoms with Crippen LogP contribution in [0.25, 0.3) is 0 Å². The summed E-state index contributed by atoms with van der Waals surface area (Å²) in [4.78, 5) is 18.1. The van der Waals surface area contributed by atoms with Gasteiger partial charge in [-0.25, -0.2) is 0 Å². The van der Waals surface area contributed by atoms with Crippen LogP contribution in [0.1, 0.15) is 12.0 Å². The molecule has 1 atom stereocenters. The molecule has 2 N–H and O–H groups in total. The standard InChI is InChI=1S/C10H11ClNO3PS/c11-9-3-1-8(2-4-9)7-10(5-6-12)15-16(13,14)17/h1-4,10H,5,7H2,(H2,13,14,17)/t10-/m1/s1. The van der Waals surface area contributed by atoms with Gasteiger partial charge in [-0.1, -0.05) is 23.7 Å². The molecule has 7 heteroatoms. The van der Waals surface area contributed by atoms with E-state index in [0.29, 0.717) is 11.4 Å². The van der Waals surface area contributed by atoms with Crippen molar-refractivity contribution in [2.75, 3.05) is 0 Å². The van der Waals surface area contributed by atoms with E-state index < -0.39 is 12.8 Å². The van der Waals surface area contributed by atoms with Gasteiger partial charge in [0.05, 0.1) is 18.6 Å². The predicted molar refractivity (Wildman–Crippen MR) is 69.0 cm³/mol. The summed E-state index contributed by atoms with van der Waals surface area (Å²) in [6, 6.07) is 8.93. The van der Waals surface area contributed by atoms with Gasteiger partial charge in [0.1, 0.15) is 0 Å². The molecule has 0 fully saturated rings. The molecule has 0 unspecified atom stereocenters. The van der Waals surface area contributed by atoms with Gasteiger partial charge >= 0.3 is 6.72 Å². The molecule has 0 saturated carbocycles. The lowest BCUT2D eigenvalue weighted by Crippen LogP contribution is -2.14. The highest BCUT2D eigenvalue weighted by Gasteiger charge is 2.18. The van der Waals surface area contributed by atoms with E-state index in [1.54, 1.807) is 24.3 Å². The minimum atomic E-state index is -3.74. The van der Waals surface area contributed by atoms with Gasteiger partial charge in [-0.3, -0.25) is 0 Å². The molecular weight excluding hydrogens is 281 g/mol. The fraction of sp³-hybridized carbons (Fsp3) is 0.300. The Labute approximate surface area is 110 Å². The van der Waals surface area contributed by atoms with Crippen molar-refractivity contribution in [2.24, 2.45) is 0 Å². The van der Waals surface area contributed by atoms with E-state index in [1.165, 1.54) is 0 Å². The maximum Gasteiger partial charge on any atom is 0.322 e. The number of hydrogen-bond donors (Lipinski definition) is 2. The van der Waals surface area contributed by atoms with E-state index in [0.717, 1.165) is 5.56 Å². The fourth-order valence-corrected chi connectivity index (χ4v) is 2.35. The van der Waals surface area contributed by atoms with Crippen molar-refractivity contribution < 1.29 is 14.3 Å². The number of nitriles is 1. The molecule has 0 spiro atoms. The average Bonchev–Trinajstić information content (AvgIpc) is 2.19. The second-order valence-electron chi connectivity index (χ2n) is 3.41. The molecule has 1 rings (SSSR count). The van der Waals surface area contributed by atoms with Crippen molar-refractivity contribution in [3.63, 3.8) is 0 Å². The summed E-state index contributed by atoms with van der Waals surface area (Å²) in [5.74, 6) is 0. The van der Waals surface area contributed by atoms with Crippen molar-refractivity contribution in [1.82, 2.24) is 0 Å². The monoisotopic (exact) mass is 291 g/mol. The van der Waals surface area contributed by atoms with Crippen LogP contribution in [0.15, 0.2) is 24.3 Å². The molecule has 1 aromatic carbocycles. The number of hydrogen-bond acceptors (Lipinski definition) is 3. The van der Waals surface area contributed by atoms with E-state index in [4.69, 9.17) is 31.2 Å². The first-order valence-electron chi connectivity index (χ1n) is 4.76. The van der Waals surface area contributed by atoms with Crippen molar-refractivity contribution in [3.05, 3.63) is 34.9 Å². The number of halogens is 1. The number of rotatable bonds is 5. The van der Waals surface area contributed by atoms with E-state index in [2.05, 4.69) is 11.8 Å². The molecule has 0 aliphatic rings. The molecule has 4 nitrogen and oxygen atoms in total. The molecule has 0 heterocycles. The molecule has 92 valence electrons. The van der Waals surface area contributed by atoms with Crippen molar-refractivity contribution >= 4 is 30.1 Å². The molecule has 17 heavy (non-hydrogen) atoms. The Hall–Kier alpha value is -0.470. The van der Waals surface area contributed by atoms with Gasteiger partial charge in [-0.15, -0.1) is 0 Å². The second kappa shape index (κ2) is 6.46. The van der Waals surface area contributed by atoms with Gasteiger partial charge < -0.3 is 14.3 Å². The van der Waals surface area contributed by atoms with Crippen LogP contribution in [0.5, 0.6) is 0 Å². The van der Waals surface area contributed by atoms with Gasteiger partial charge in [0, 0.05) is 11.4 Å². The van der Waals surface area contributed by atoms with Gasteiger partial charge in [0.2, 0.25) is 0 Å². The largest absolute Gasteiger partial charge is 0.325 e.